The predicted octanol–water partition coefficient (Wildman–Crippen LogP) is 2.14. The van der Waals surface area contributed by atoms with E-state index in [1.807, 2.05) is 12.1 Å². The Bertz CT molecular complexity index is 358. The minimum atomic E-state index is 0.125. The van der Waals surface area contributed by atoms with Gasteiger partial charge in [-0.05, 0) is 31.0 Å². The average molecular weight is 262 g/mol. The van der Waals surface area contributed by atoms with Gasteiger partial charge in [-0.15, -0.1) is 0 Å². The molecule has 3 heteroatoms. The Balaban J connectivity index is 1.62. The molecule has 3 nitrogen and oxygen atoms in total. The van der Waals surface area contributed by atoms with E-state index in [1.165, 1.54) is 31.2 Å². The van der Waals surface area contributed by atoms with Crippen molar-refractivity contribution in [2.75, 3.05) is 20.1 Å². The van der Waals surface area contributed by atoms with Crippen molar-refractivity contribution >= 4 is 0 Å². The Kier molecular flexibility index (Phi) is 5.83. The largest absolute Gasteiger partial charge is 0.392 e. The Morgan fingerprint density at radius 3 is 2.42 bits per heavy atom. The van der Waals surface area contributed by atoms with E-state index >= 15 is 0 Å². The quantitative estimate of drug-likeness (QED) is 0.739. The first-order valence-electron chi connectivity index (χ1n) is 7.39. The SMILES string of the molecule is CN(CCNCc1ccc(CO)cc1)C1CCCC1. The highest BCUT2D eigenvalue weighted by Gasteiger charge is 2.18. The third-order valence-electron chi connectivity index (χ3n) is 4.12. The third kappa shape index (κ3) is 4.60. The molecule has 1 aromatic carbocycles. The number of benzene rings is 1. The molecule has 0 amide bonds. The number of aliphatic hydroxyl groups excluding tert-OH is 1. The van der Waals surface area contributed by atoms with Crippen LogP contribution < -0.4 is 5.32 Å². The van der Waals surface area contributed by atoms with Crippen LogP contribution in [0.5, 0.6) is 0 Å². The lowest BCUT2D eigenvalue weighted by Crippen LogP contribution is -2.35. The predicted molar refractivity (Wildman–Crippen MR) is 79.0 cm³/mol. The second-order valence-corrected chi connectivity index (χ2v) is 5.57. The highest BCUT2D eigenvalue weighted by Crippen LogP contribution is 2.21. The van der Waals surface area contributed by atoms with E-state index < -0.39 is 0 Å². The summed E-state index contributed by atoms with van der Waals surface area (Å²) < 4.78 is 0. The smallest absolute Gasteiger partial charge is 0.0681 e. The van der Waals surface area contributed by atoms with Gasteiger partial charge in [-0.3, -0.25) is 0 Å². The molecule has 1 fully saturated rings. The molecule has 1 aromatic rings. The molecule has 0 aromatic heterocycles. The van der Waals surface area contributed by atoms with Crippen molar-refractivity contribution in [3.8, 4) is 0 Å². The van der Waals surface area contributed by atoms with Crippen LogP contribution in [0.15, 0.2) is 24.3 Å². The molecule has 0 atom stereocenters. The number of aliphatic hydroxyl groups is 1. The van der Waals surface area contributed by atoms with Gasteiger partial charge in [0.1, 0.15) is 0 Å². The number of rotatable bonds is 7. The first-order valence-corrected chi connectivity index (χ1v) is 7.39. The molecule has 2 N–H and O–H groups in total. The maximum absolute atomic E-state index is 8.99. The molecule has 106 valence electrons. The summed E-state index contributed by atoms with van der Waals surface area (Å²) in [6, 6.07) is 8.95. The zero-order chi connectivity index (χ0) is 13.5. The Hall–Kier alpha value is -0.900. The number of hydrogen-bond donors (Lipinski definition) is 2. The first kappa shape index (κ1) is 14.5. The molecule has 1 aliphatic carbocycles. The molecule has 1 saturated carbocycles. The fourth-order valence-corrected chi connectivity index (χ4v) is 2.78. The summed E-state index contributed by atoms with van der Waals surface area (Å²) in [4.78, 5) is 2.49. The summed E-state index contributed by atoms with van der Waals surface area (Å²) in [6.07, 6.45) is 5.55. The molecule has 19 heavy (non-hydrogen) atoms. The number of likely N-dealkylation sites (N-methyl/N-ethyl adjacent to an activating group) is 1. The molecule has 0 heterocycles. The molecule has 0 bridgehead atoms. The minimum absolute atomic E-state index is 0.125. The summed E-state index contributed by atoms with van der Waals surface area (Å²) in [5.41, 5.74) is 2.26. The summed E-state index contributed by atoms with van der Waals surface area (Å²) in [5.74, 6) is 0. The van der Waals surface area contributed by atoms with Gasteiger partial charge in [0.2, 0.25) is 0 Å². The van der Waals surface area contributed by atoms with Crippen LogP contribution in [0.3, 0.4) is 0 Å². The molecule has 0 aliphatic heterocycles. The highest BCUT2D eigenvalue weighted by atomic mass is 16.3. The highest BCUT2D eigenvalue weighted by molar-refractivity contribution is 5.21. The zero-order valence-electron chi connectivity index (χ0n) is 11.9. The van der Waals surface area contributed by atoms with Crippen molar-refractivity contribution in [1.82, 2.24) is 10.2 Å². The molecular formula is C16H26N2O. The summed E-state index contributed by atoms with van der Waals surface area (Å²) in [5, 5.41) is 12.5. The van der Waals surface area contributed by atoms with Crippen molar-refractivity contribution in [2.24, 2.45) is 0 Å². The zero-order valence-corrected chi connectivity index (χ0v) is 11.9. The molecular weight excluding hydrogens is 236 g/mol. The molecule has 1 aliphatic rings. The van der Waals surface area contributed by atoms with Crippen molar-refractivity contribution in [3.63, 3.8) is 0 Å². The lowest BCUT2D eigenvalue weighted by atomic mass is 10.1. The van der Waals surface area contributed by atoms with Crippen LogP contribution in [0, 0.1) is 0 Å². The van der Waals surface area contributed by atoms with E-state index in [1.54, 1.807) is 0 Å². The van der Waals surface area contributed by atoms with E-state index in [9.17, 15) is 0 Å². The summed E-state index contributed by atoms with van der Waals surface area (Å²) in [7, 11) is 2.24. The second kappa shape index (κ2) is 7.63. The summed E-state index contributed by atoms with van der Waals surface area (Å²) in [6.45, 7) is 3.19. The summed E-state index contributed by atoms with van der Waals surface area (Å²) >= 11 is 0. The Morgan fingerprint density at radius 1 is 1.16 bits per heavy atom. The van der Waals surface area contributed by atoms with Crippen molar-refractivity contribution in [3.05, 3.63) is 35.4 Å². The van der Waals surface area contributed by atoms with Crippen molar-refractivity contribution in [2.45, 2.75) is 44.9 Å². The van der Waals surface area contributed by atoms with Crippen molar-refractivity contribution < 1.29 is 5.11 Å². The number of nitrogens with zero attached hydrogens (tertiary/aromatic N) is 1. The number of hydrogen-bond acceptors (Lipinski definition) is 3. The van der Waals surface area contributed by atoms with Crippen LogP contribution in [0.25, 0.3) is 0 Å². The van der Waals surface area contributed by atoms with Gasteiger partial charge in [0.05, 0.1) is 6.61 Å². The molecule has 0 spiro atoms. The molecule has 0 unspecified atom stereocenters. The maximum Gasteiger partial charge on any atom is 0.0681 e. The van der Waals surface area contributed by atoms with E-state index in [4.69, 9.17) is 5.11 Å². The molecule has 0 saturated heterocycles. The van der Waals surface area contributed by atoms with Gasteiger partial charge in [0.15, 0.2) is 0 Å². The molecule has 0 radical (unpaired) electrons. The number of nitrogens with one attached hydrogen (secondary N) is 1. The molecule has 2 rings (SSSR count). The maximum atomic E-state index is 8.99. The van der Waals surface area contributed by atoms with Gasteiger partial charge in [0.25, 0.3) is 0 Å². The topological polar surface area (TPSA) is 35.5 Å². The lowest BCUT2D eigenvalue weighted by molar-refractivity contribution is 0.245. The van der Waals surface area contributed by atoms with Crippen LogP contribution in [0.4, 0.5) is 0 Å². The van der Waals surface area contributed by atoms with Crippen molar-refractivity contribution in [1.29, 1.82) is 0 Å². The second-order valence-electron chi connectivity index (χ2n) is 5.57. The monoisotopic (exact) mass is 262 g/mol. The van der Waals surface area contributed by atoms with Gasteiger partial charge in [-0.25, -0.2) is 0 Å². The van der Waals surface area contributed by atoms with E-state index in [0.717, 1.165) is 31.2 Å². The van der Waals surface area contributed by atoms with Crippen LogP contribution in [-0.4, -0.2) is 36.2 Å². The van der Waals surface area contributed by atoms with Gasteiger partial charge in [-0.2, -0.15) is 0 Å². The third-order valence-corrected chi connectivity index (χ3v) is 4.12. The first-order chi connectivity index (χ1) is 9.29. The Labute approximate surface area is 116 Å². The van der Waals surface area contributed by atoms with Gasteiger partial charge in [-0.1, -0.05) is 37.1 Å². The van der Waals surface area contributed by atoms with Gasteiger partial charge in [0, 0.05) is 25.7 Å². The standard InChI is InChI=1S/C16H26N2O/c1-18(16-4-2-3-5-16)11-10-17-12-14-6-8-15(13-19)9-7-14/h6-9,16-17,19H,2-5,10-13H2,1H3. The lowest BCUT2D eigenvalue weighted by Gasteiger charge is -2.24. The van der Waals surface area contributed by atoms with Gasteiger partial charge >= 0.3 is 0 Å². The van der Waals surface area contributed by atoms with E-state index in [2.05, 4.69) is 29.4 Å². The van der Waals surface area contributed by atoms with E-state index in [0.29, 0.717) is 0 Å². The fourth-order valence-electron chi connectivity index (χ4n) is 2.78. The van der Waals surface area contributed by atoms with E-state index in [-0.39, 0.29) is 6.61 Å². The normalized spacial score (nSPS) is 16.4. The minimum Gasteiger partial charge on any atom is -0.392 e. The van der Waals surface area contributed by atoms with Crippen LogP contribution in [0.1, 0.15) is 36.8 Å². The fraction of sp³-hybridized carbons (Fsp3) is 0.625. The Morgan fingerprint density at radius 2 is 1.79 bits per heavy atom. The van der Waals surface area contributed by atoms with Crippen LogP contribution in [-0.2, 0) is 13.2 Å². The van der Waals surface area contributed by atoms with Crippen LogP contribution in [0.2, 0.25) is 0 Å². The van der Waals surface area contributed by atoms with Crippen LogP contribution >= 0.6 is 0 Å². The average Bonchev–Trinajstić information content (AvgIpc) is 2.98. The van der Waals surface area contributed by atoms with Gasteiger partial charge < -0.3 is 15.3 Å².